The molecular weight excluding hydrogens is 466 g/mol. The average Bonchev–Trinajstić information content (AvgIpc) is 3.37. The summed E-state index contributed by atoms with van der Waals surface area (Å²) < 4.78 is 13.3. The molecule has 196 valence electrons. The van der Waals surface area contributed by atoms with Crippen LogP contribution in [0.1, 0.15) is 44.6 Å². The number of carbonyl (C=O) groups is 3. The quantitative estimate of drug-likeness (QED) is 0.399. The van der Waals surface area contributed by atoms with E-state index in [1.807, 2.05) is 29.0 Å². The van der Waals surface area contributed by atoms with Gasteiger partial charge >= 0.3 is 11.9 Å². The fourth-order valence-electron chi connectivity index (χ4n) is 3.77. The van der Waals surface area contributed by atoms with E-state index in [1.54, 1.807) is 19.6 Å². The molecule has 1 aliphatic carbocycles. The Labute approximate surface area is 210 Å². The fourth-order valence-corrected chi connectivity index (χ4v) is 3.77. The number of ether oxygens (including phenoxy) is 2. The van der Waals surface area contributed by atoms with Gasteiger partial charge in [-0.3, -0.25) is 4.79 Å². The lowest BCUT2D eigenvalue weighted by Gasteiger charge is -2.26. The van der Waals surface area contributed by atoms with E-state index in [4.69, 9.17) is 19.7 Å². The Balaban J connectivity index is 0.000000493. The van der Waals surface area contributed by atoms with Crippen molar-refractivity contribution in [2.75, 3.05) is 13.7 Å². The Morgan fingerprint density at radius 3 is 2.39 bits per heavy atom. The zero-order chi connectivity index (χ0) is 26.3. The van der Waals surface area contributed by atoms with Crippen LogP contribution in [0, 0.1) is 5.92 Å². The van der Waals surface area contributed by atoms with E-state index in [9.17, 15) is 14.4 Å². The number of carbonyl (C=O) groups excluding carboxylic acids is 1. The van der Waals surface area contributed by atoms with Crippen LogP contribution >= 0.6 is 0 Å². The van der Waals surface area contributed by atoms with Gasteiger partial charge in [0.1, 0.15) is 6.61 Å². The van der Waals surface area contributed by atoms with Gasteiger partial charge in [-0.2, -0.15) is 0 Å². The van der Waals surface area contributed by atoms with Crippen molar-refractivity contribution >= 4 is 17.8 Å². The summed E-state index contributed by atoms with van der Waals surface area (Å²) in [6.07, 6.45) is 12.4. The number of aromatic nitrogens is 2. The normalized spacial score (nSPS) is 17.1. The molecule has 1 aromatic heterocycles. The minimum Gasteiger partial charge on any atom is -0.493 e. The standard InChI is InChI=1S/C22H31N3O3.C4H4O4/c1-17-3-7-19(8-4-17)24-22(26)10-6-18-5-9-20(21(15-18)27-2)28-14-13-25-12-11-23-16-25;5-3(6)1-2-4(7)8/h5,9,11-12,15-17,19H,3-4,6-8,10,13-14H2,1-2H3,(H,24,26);1-2H,(H,5,6)(H,7,8)/b;2-1-/t17-,19-;. The van der Waals surface area contributed by atoms with Crippen molar-refractivity contribution in [2.45, 2.75) is 58.0 Å². The largest absolute Gasteiger partial charge is 0.493 e. The van der Waals surface area contributed by atoms with Gasteiger partial charge in [-0.05, 0) is 55.7 Å². The molecule has 36 heavy (non-hydrogen) atoms. The molecule has 3 rings (SSSR count). The number of nitrogens with one attached hydrogen (secondary N) is 1. The Bertz CT molecular complexity index is 981. The maximum atomic E-state index is 12.3. The van der Waals surface area contributed by atoms with Crippen molar-refractivity contribution in [3.63, 3.8) is 0 Å². The molecule has 1 saturated carbocycles. The van der Waals surface area contributed by atoms with E-state index in [2.05, 4.69) is 17.2 Å². The number of hydrogen-bond donors (Lipinski definition) is 3. The number of benzene rings is 1. The first-order valence-corrected chi connectivity index (χ1v) is 12.0. The summed E-state index contributed by atoms with van der Waals surface area (Å²) in [7, 11) is 1.64. The van der Waals surface area contributed by atoms with Gasteiger partial charge in [0.25, 0.3) is 0 Å². The lowest BCUT2D eigenvalue weighted by Crippen LogP contribution is -2.37. The van der Waals surface area contributed by atoms with Crippen molar-refractivity contribution in [3.05, 3.63) is 54.6 Å². The van der Waals surface area contributed by atoms with Crippen LogP contribution in [0.2, 0.25) is 0 Å². The molecule has 0 bridgehead atoms. The first-order chi connectivity index (χ1) is 17.3. The van der Waals surface area contributed by atoms with Crippen molar-refractivity contribution in [2.24, 2.45) is 5.92 Å². The molecule has 0 unspecified atom stereocenters. The Morgan fingerprint density at radius 1 is 1.11 bits per heavy atom. The van der Waals surface area contributed by atoms with Crippen molar-refractivity contribution in [1.82, 2.24) is 14.9 Å². The second-order valence-electron chi connectivity index (χ2n) is 8.67. The van der Waals surface area contributed by atoms with Gasteiger partial charge in [0.05, 0.1) is 20.0 Å². The van der Waals surface area contributed by atoms with Crippen molar-refractivity contribution in [3.8, 4) is 11.5 Å². The molecule has 0 radical (unpaired) electrons. The van der Waals surface area contributed by atoms with Crippen LogP contribution in [0.25, 0.3) is 0 Å². The summed E-state index contributed by atoms with van der Waals surface area (Å²) in [5.74, 6) is -0.169. The summed E-state index contributed by atoms with van der Waals surface area (Å²) in [5.41, 5.74) is 1.08. The smallest absolute Gasteiger partial charge is 0.328 e. The summed E-state index contributed by atoms with van der Waals surface area (Å²) in [6, 6.07) is 6.24. The van der Waals surface area contributed by atoms with Crippen LogP contribution in [0.15, 0.2) is 49.1 Å². The molecule has 10 heteroatoms. The second-order valence-corrected chi connectivity index (χ2v) is 8.67. The fraction of sp³-hybridized carbons (Fsp3) is 0.462. The molecule has 0 saturated heterocycles. The first kappa shape index (κ1) is 28.4. The molecule has 1 amide bonds. The molecule has 0 spiro atoms. The minimum atomic E-state index is -1.26. The Morgan fingerprint density at radius 2 is 1.81 bits per heavy atom. The maximum Gasteiger partial charge on any atom is 0.328 e. The first-order valence-electron chi connectivity index (χ1n) is 12.0. The maximum absolute atomic E-state index is 12.3. The van der Waals surface area contributed by atoms with Crippen LogP contribution in [0.4, 0.5) is 0 Å². The van der Waals surface area contributed by atoms with Gasteiger partial charge in [-0.15, -0.1) is 0 Å². The highest BCUT2D eigenvalue weighted by molar-refractivity contribution is 5.89. The van der Waals surface area contributed by atoms with E-state index < -0.39 is 11.9 Å². The SMILES string of the molecule is COc1cc(CCC(=O)N[C@H]2CC[C@H](C)CC2)ccc1OCCn1ccnc1.O=C(O)/C=C\C(=O)O. The zero-order valence-electron chi connectivity index (χ0n) is 20.8. The molecule has 1 fully saturated rings. The third-order valence-electron chi connectivity index (χ3n) is 5.78. The molecule has 0 aliphatic heterocycles. The van der Waals surface area contributed by atoms with E-state index in [1.165, 1.54) is 12.8 Å². The van der Waals surface area contributed by atoms with Crippen LogP contribution in [-0.4, -0.2) is 57.4 Å². The molecule has 0 atom stereocenters. The Kier molecular flexibility index (Phi) is 12.0. The van der Waals surface area contributed by atoms with Crippen LogP contribution in [0.3, 0.4) is 0 Å². The number of imidazole rings is 1. The molecule has 1 heterocycles. The van der Waals surface area contributed by atoms with Crippen molar-refractivity contribution in [1.29, 1.82) is 0 Å². The van der Waals surface area contributed by atoms with Gasteiger partial charge in [-0.25, -0.2) is 14.6 Å². The monoisotopic (exact) mass is 501 g/mol. The Hall–Kier alpha value is -3.82. The summed E-state index contributed by atoms with van der Waals surface area (Å²) in [4.78, 5) is 35.4. The average molecular weight is 502 g/mol. The van der Waals surface area contributed by atoms with E-state index in [0.717, 1.165) is 30.9 Å². The van der Waals surface area contributed by atoms with E-state index in [0.29, 0.717) is 49.1 Å². The number of aliphatic carboxylic acids is 2. The number of hydrogen-bond acceptors (Lipinski definition) is 6. The molecule has 10 nitrogen and oxygen atoms in total. The van der Waals surface area contributed by atoms with E-state index in [-0.39, 0.29) is 5.91 Å². The molecule has 3 N–H and O–H groups in total. The lowest BCUT2D eigenvalue weighted by molar-refractivity contribution is -0.134. The summed E-state index contributed by atoms with van der Waals surface area (Å²) >= 11 is 0. The lowest BCUT2D eigenvalue weighted by atomic mass is 9.87. The topological polar surface area (TPSA) is 140 Å². The van der Waals surface area contributed by atoms with Gasteiger partial charge in [0.15, 0.2) is 11.5 Å². The van der Waals surface area contributed by atoms with Crippen molar-refractivity contribution < 1.29 is 34.1 Å². The van der Waals surface area contributed by atoms with Gasteiger partial charge in [-0.1, -0.05) is 13.0 Å². The molecule has 2 aromatic rings. The van der Waals surface area contributed by atoms with Crippen LogP contribution in [-0.2, 0) is 27.3 Å². The summed E-state index contributed by atoms with van der Waals surface area (Å²) in [6.45, 7) is 3.55. The molecule has 1 aromatic carbocycles. The number of amides is 1. The van der Waals surface area contributed by atoms with Crippen LogP contribution < -0.4 is 14.8 Å². The van der Waals surface area contributed by atoms with Gasteiger partial charge < -0.3 is 29.6 Å². The second kappa shape index (κ2) is 15.2. The van der Waals surface area contributed by atoms with Gasteiger partial charge in [0.2, 0.25) is 5.91 Å². The minimum absolute atomic E-state index is 0.138. The zero-order valence-corrected chi connectivity index (χ0v) is 20.8. The number of aryl methyl sites for hydroxylation is 1. The number of carboxylic acids is 2. The van der Waals surface area contributed by atoms with Gasteiger partial charge in [0, 0.05) is 37.0 Å². The predicted octanol–water partition coefficient (Wildman–Crippen LogP) is 3.31. The number of methoxy groups -OCH3 is 1. The molecular formula is C26H35N3O7. The number of rotatable bonds is 11. The number of carboxylic acid groups (broad SMARTS) is 2. The molecule has 1 aliphatic rings. The third-order valence-corrected chi connectivity index (χ3v) is 5.78. The summed E-state index contributed by atoms with van der Waals surface area (Å²) in [5, 5.41) is 18.8. The predicted molar refractivity (Wildman–Crippen MR) is 133 cm³/mol. The highest BCUT2D eigenvalue weighted by Crippen LogP contribution is 2.29. The highest BCUT2D eigenvalue weighted by Gasteiger charge is 2.19. The van der Waals surface area contributed by atoms with Crippen LogP contribution in [0.5, 0.6) is 11.5 Å². The third kappa shape index (κ3) is 11.1. The van der Waals surface area contributed by atoms with E-state index >= 15 is 0 Å². The number of nitrogens with zero attached hydrogens (tertiary/aromatic N) is 2. The highest BCUT2D eigenvalue weighted by atomic mass is 16.5.